The van der Waals surface area contributed by atoms with Gasteiger partial charge in [0.15, 0.2) is 10.8 Å². The van der Waals surface area contributed by atoms with E-state index in [9.17, 15) is 4.79 Å². The molecule has 0 aliphatic heterocycles. The molecule has 1 amide bonds. The number of nitrogens with zero attached hydrogens (tertiary/aromatic N) is 3. The first-order valence-corrected chi connectivity index (χ1v) is 11.6. The van der Waals surface area contributed by atoms with E-state index in [0.29, 0.717) is 44.1 Å². The maximum absolute atomic E-state index is 12.8. The fourth-order valence-corrected chi connectivity index (χ4v) is 4.47. The number of hydrogen-bond acceptors (Lipinski definition) is 7. The number of rotatable bonds is 7. The SMILES string of the molecule is COc1ccc(OC)c(NC(=O)CSc2nc3n[nH]c(C)c3c(=N)n2-c2cc(Cl)ccc2C)c1. The topological polar surface area (TPSA) is 118 Å². The number of methoxy groups -OCH3 is 2. The summed E-state index contributed by atoms with van der Waals surface area (Å²) in [5.41, 5.74) is 3.48. The molecule has 0 unspecified atom stereocenters. The number of hydrogen-bond donors (Lipinski definition) is 3. The third kappa shape index (κ3) is 4.59. The molecule has 0 fully saturated rings. The number of nitrogens with one attached hydrogen (secondary N) is 3. The smallest absolute Gasteiger partial charge is 0.234 e. The predicted molar refractivity (Wildman–Crippen MR) is 132 cm³/mol. The molecule has 0 saturated carbocycles. The molecule has 4 aromatic rings. The molecular weight excluding hydrogens is 476 g/mol. The second kappa shape index (κ2) is 9.78. The highest BCUT2D eigenvalue weighted by Crippen LogP contribution is 2.30. The maximum Gasteiger partial charge on any atom is 0.234 e. The Labute approximate surface area is 205 Å². The Hall–Kier alpha value is -3.50. The quantitative estimate of drug-likeness (QED) is 0.259. The zero-order valence-electron chi connectivity index (χ0n) is 19.0. The Kier molecular flexibility index (Phi) is 6.80. The highest BCUT2D eigenvalue weighted by Gasteiger charge is 2.18. The molecule has 2 heterocycles. The van der Waals surface area contributed by atoms with Crippen LogP contribution in [0.15, 0.2) is 41.6 Å². The standard InChI is InChI=1S/C23H23ClN6O3S/c1-12-5-6-14(24)9-17(12)30-21(25)20-13(2)28-29-22(20)27-23(30)34-11-19(31)26-16-10-15(32-3)7-8-18(16)33-4/h5-10,25H,11H2,1-4H3,(H,26,31)(H,28,29). The van der Waals surface area contributed by atoms with Crippen molar-refractivity contribution in [2.75, 3.05) is 25.3 Å². The van der Waals surface area contributed by atoms with Crippen molar-refractivity contribution in [1.29, 1.82) is 5.41 Å². The molecule has 0 aliphatic rings. The van der Waals surface area contributed by atoms with Gasteiger partial charge >= 0.3 is 0 Å². The van der Waals surface area contributed by atoms with Crippen LogP contribution in [0.1, 0.15) is 11.3 Å². The van der Waals surface area contributed by atoms with Crippen LogP contribution in [0.5, 0.6) is 11.5 Å². The van der Waals surface area contributed by atoms with Gasteiger partial charge in [-0.2, -0.15) is 5.10 Å². The molecule has 0 spiro atoms. The Balaban J connectivity index is 1.69. The van der Waals surface area contributed by atoms with Crippen molar-refractivity contribution in [3.8, 4) is 17.2 Å². The number of halogens is 1. The summed E-state index contributed by atoms with van der Waals surface area (Å²) in [5, 5.41) is 20.4. The molecule has 0 bridgehead atoms. The van der Waals surface area contributed by atoms with Crippen LogP contribution in [0.25, 0.3) is 16.7 Å². The van der Waals surface area contributed by atoms with Crippen LogP contribution >= 0.6 is 23.4 Å². The number of aryl methyl sites for hydroxylation is 2. The molecule has 0 atom stereocenters. The van der Waals surface area contributed by atoms with E-state index >= 15 is 0 Å². The van der Waals surface area contributed by atoms with Crippen molar-refractivity contribution in [1.82, 2.24) is 19.7 Å². The average Bonchev–Trinajstić information content (AvgIpc) is 3.20. The van der Waals surface area contributed by atoms with Gasteiger partial charge in [0.25, 0.3) is 0 Å². The van der Waals surface area contributed by atoms with E-state index in [1.807, 2.05) is 19.9 Å². The van der Waals surface area contributed by atoms with E-state index in [-0.39, 0.29) is 17.1 Å². The fourth-order valence-electron chi connectivity index (χ4n) is 3.50. The number of amides is 1. The first-order chi connectivity index (χ1) is 16.3. The van der Waals surface area contributed by atoms with Crippen molar-refractivity contribution < 1.29 is 14.3 Å². The zero-order chi connectivity index (χ0) is 24.4. The van der Waals surface area contributed by atoms with E-state index in [2.05, 4.69) is 20.5 Å². The van der Waals surface area contributed by atoms with Gasteiger partial charge in [0.05, 0.1) is 36.7 Å². The van der Waals surface area contributed by atoms with Gasteiger partial charge in [-0.15, -0.1) is 0 Å². The van der Waals surface area contributed by atoms with Gasteiger partial charge < -0.3 is 14.8 Å². The molecule has 9 nitrogen and oxygen atoms in total. The van der Waals surface area contributed by atoms with Gasteiger partial charge in [-0.25, -0.2) is 4.98 Å². The van der Waals surface area contributed by atoms with Gasteiger partial charge in [-0.05, 0) is 43.7 Å². The number of fused-ring (bicyclic) bond motifs is 1. The van der Waals surface area contributed by atoms with Crippen LogP contribution in [0.4, 0.5) is 5.69 Å². The van der Waals surface area contributed by atoms with Crippen molar-refractivity contribution >= 4 is 46.0 Å². The highest BCUT2D eigenvalue weighted by atomic mass is 35.5. The summed E-state index contributed by atoms with van der Waals surface area (Å²) in [6.07, 6.45) is 0. The van der Waals surface area contributed by atoms with E-state index < -0.39 is 0 Å². The number of anilines is 1. The van der Waals surface area contributed by atoms with Crippen LogP contribution in [-0.4, -0.2) is 45.6 Å². The summed E-state index contributed by atoms with van der Waals surface area (Å²) < 4.78 is 12.3. The van der Waals surface area contributed by atoms with E-state index in [1.54, 1.807) is 42.0 Å². The molecule has 4 rings (SSSR count). The molecular formula is C23H23ClN6O3S. The van der Waals surface area contributed by atoms with E-state index in [4.69, 9.17) is 26.5 Å². The number of carbonyl (C=O) groups excluding carboxylic acids is 1. The largest absolute Gasteiger partial charge is 0.497 e. The number of carbonyl (C=O) groups is 1. The number of H-pyrrole nitrogens is 1. The highest BCUT2D eigenvalue weighted by molar-refractivity contribution is 7.99. The number of aromatic nitrogens is 4. The monoisotopic (exact) mass is 498 g/mol. The van der Waals surface area contributed by atoms with Gasteiger partial charge in [-0.1, -0.05) is 29.4 Å². The molecule has 0 saturated heterocycles. The Bertz CT molecular complexity index is 1450. The molecule has 34 heavy (non-hydrogen) atoms. The van der Waals surface area contributed by atoms with Crippen LogP contribution in [-0.2, 0) is 4.79 Å². The second-order valence-corrected chi connectivity index (χ2v) is 8.84. The Morgan fingerprint density at radius 2 is 2.00 bits per heavy atom. The molecule has 0 aliphatic carbocycles. The van der Waals surface area contributed by atoms with Crippen LogP contribution < -0.4 is 20.3 Å². The molecule has 11 heteroatoms. The molecule has 2 aromatic carbocycles. The van der Waals surface area contributed by atoms with Crippen LogP contribution in [0.2, 0.25) is 5.02 Å². The minimum atomic E-state index is -0.266. The van der Waals surface area contributed by atoms with Gasteiger partial charge in [-0.3, -0.25) is 19.9 Å². The second-order valence-electron chi connectivity index (χ2n) is 7.46. The summed E-state index contributed by atoms with van der Waals surface area (Å²) in [4.78, 5) is 17.5. The summed E-state index contributed by atoms with van der Waals surface area (Å²) >= 11 is 7.46. The summed E-state index contributed by atoms with van der Waals surface area (Å²) in [7, 11) is 3.08. The van der Waals surface area contributed by atoms with Crippen molar-refractivity contribution in [3.63, 3.8) is 0 Å². The van der Waals surface area contributed by atoms with Gasteiger partial charge in [0, 0.05) is 16.8 Å². The van der Waals surface area contributed by atoms with Crippen molar-refractivity contribution in [2.45, 2.75) is 19.0 Å². The lowest BCUT2D eigenvalue weighted by Crippen LogP contribution is -2.24. The number of aromatic amines is 1. The minimum Gasteiger partial charge on any atom is -0.497 e. The van der Waals surface area contributed by atoms with Crippen LogP contribution in [0.3, 0.4) is 0 Å². The maximum atomic E-state index is 12.8. The predicted octanol–water partition coefficient (Wildman–Crippen LogP) is 4.25. The third-order valence-corrected chi connectivity index (χ3v) is 6.38. The van der Waals surface area contributed by atoms with Crippen molar-refractivity contribution in [3.05, 3.63) is 58.2 Å². The van der Waals surface area contributed by atoms with Crippen LogP contribution in [0, 0.1) is 19.3 Å². The molecule has 3 N–H and O–H groups in total. The summed E-state index contributed by atoms with van der Waals surface area (Å²) in [5.74, 6) is 0.889. The van der Waals surface area contributed by atoms with Crippen molar-refractivity contribution in [2.24, 2.45) is 0 Å². The molecule has 176 valence electrons. The fraction of sp³-hybridized carbons (Fsp3) is 0.217. The van der Waals surface area contributed by atoms with E-state index in [0.717, 1.165) is 11.3 Å². The van der Waals surface area contributed by atoms with Gasteiger partial charge in [0.1, 0.15) is 17.0 Å². The Morgan fingerprint density at radius 1 is 1.21 bits per heavy atom. The lowest BCUT2D eigenvalue weighted by Gasteiger charge is -2.16. The average molecular weight is 499 g/mol. The van der Waals surface area contributed by atoms with Gasteiger partial charge in [0.2, 0.25) is 5.91 Å². The first-order valence-electron chi connectivity index (χ1n) is 10.3. The zero-order valence-corrected chi connectivity index (χ0v) is 20.6. The van der Waals surface area contributed by atoms with E-state index in [1.165, 1.54) is 18.9 Å². The minimum absolute atomic E-state index is 0.0430. The molecule has 0 radical (unpaired) electrons. The number of thioether (sulfide) groups is 1. The lowest BCUT2D eigenvalue weighted by molar-refractivity contribution is -0.113. The number of ether oxygens (including phenoxy) is 2. The normalized spacial score (nSPS) is 11.0. The third-order valence-electron chi connectivity index (χ3n) is 5.21. The number of benzene rings is 2. The summed E-state index contributed by atoms with van der Waals surface area (Å²) in [6, 6.07) is 10.6. The lowest BCUT2D eigenvalue weighted by atomic mass is 10.2. The summed E-state index contributed by atoms with van der Waals surface area (Å²) in [6.45, 7) is 3.77. The first kappa shape index (κ1) is 23.7. The Morgan fingerprint density at radius 3 is 2.74 bits per heavy atom. The molecule has 2 aromatic heterocycles.